The van der Waals surface area contributed by atoms with Crippen molar-refractivity contribution in [2.24, 2.45) is 5.92 Å². The Morgan fingerprint density at radius 1 is 1.16 bits per heavy atom. The number of sulfonamides is 1. The van der Waals surface area contributed by atoms with Crippen molar-refractivity contribution in [2.45, 2.75) is 38.6 Å². The summed E-state index contributed by atoms with van der Waals surface area (Å²) in [6.07, 6.45) is 4.49. The summed E-state index contributed by atoms with van der Waals surface area (Å²) in [5.41, 5.74) is 0. The minimum Gasteiger partial charge on any atom is -0.381 e. The van der Waals surface area contributed by atoms with Crippen LogP contribution < -0.4 is 4.72 Å². The van der Waals surface area contributed by atoms with Crippen molar-refractivity contribution in [2.75, 3.05) is 38.6 Å². The second-order valence-corrected chi connectivity index (χ2v) is 7.67. The predicted octanol–water partition coefficient (Wildman–Crippen LogP) is 0.817. The van der Waals surface area contributed by atoms with Gasteiger partial charge in [0.2, 0.25) is 10.0 Å². The molecule has 19 heavy (non-hydrogen) atoms. The Balaban J connectivity index is 1.70. The van der Waals surface area contributed by atoms with Crippen molar-refractivity contribution in [1.82, 2.24) is 9.62 Å². The minimum atomic E-state index is -3.03. The second kappa shape index (κ2) is 7.02. The molecule has 0 unspecified atom stereocenters. The molecular formula is C13H26N2O3S. The Morgan fingerprint density at radius 2 is 1.79 bits per heavy atom. The van der Waals surface area contributed by atoms with Gasteiger partial charge < -0.3 is 9.64 Å². The molecule has 6 heteroatoms. The predicted molar refractivity (Wildman–Crippen MR) is 75.6 cm³/mol. The topological polar surface area (TPSA) is 58.6 Å². The van der Waals surface area contributed by atoms with Gasteiger partial charge in [0.25, 0.3) is 0 Å². The van der Waals surface area contributed by atoms with Gasteiger partial charge in [0.1, 0.15) is 0 Å². The maximum absolute atomic E-state index is 11.4. The van der Waals surface area contributed by atoms with Crippen LogP contribution in [-0.2, 0) is 14.8 Å². The van der Waals surface area contributed by atoms with E-state index in [1.54, 1.807) is 6.92 Å². The highest BCUT2D eigenvalue weighted by Crippen LogP contribution is 2.22. The van der Waals surface area contributed by atoms with Crippen LogP contribution in [0.15, 0.2) is 0 Å². The van der Waals surface area contributed by atoms with Gasteiger partial charge >= 0.3 is 0 Å². The summed E-state index contributed by atoms with van der Waals surface area (Å²) < 4.78 is 30.9. The number of nitrogens with zero attached hydrogens (tertiary/aromatic N) is 1. The van der Waals surface area contributed by atoms with Crippen molar-refractivity contribution in [1.29, 1.82) is 0 Å². The van der Waals surface area contributed by atoms with E-state index in [0.29, 0.717) is 18.5 Å². The van der Waals surface area contributed by atoms with Gasteiger partial charge in [-0.05, 0) is 51.6 Å². The lowest BCUT2D eigenvalue weighted by atomic mass is 9.94. The molecule has 0 radical (unpaired) electrons. The molecule has 1 N–H and O–H groups in total. The van der Waals surface area contributed by atoms with E-state index in [4.69, 9.17) is 4.74 Å². The molecule has 2 aliphatic heterocycles. The largest absolute Gasteiger partial charge is 0.381 e. The van der Waals surface area contributed by atoms with Crippen LogP contribution in [0.3, 0.4) is 0 Å². The van der Waals surface area contributed by atoms with Crippen molar-refractivity contribution >= 4 is 10.0 Å². The first kappa shape index (κ1) is 15.2. The summed E-state index contributed by atoms with van der Waals surface area (Å²) in [5.74, 6) is 0.672. The van der Waals surface area contributed by atoms with Crippen LogP contribution in [0.5, 0.6) is 0 Å². The lowest BCUT2D eigenvalue weighted by Crippen LogP contribution is -2.45. The first-order chi connectivity index (χ1) is 9.11. The van der Waals surface area contributed by atoms with Gasteiger partial charge in [-0.25, -0.2) is 13.1 Å². The lowest BCUT2D eigenvalue weighted by molar-refractivity contribution is 0.0214. The summed E-state index contributed by atoms with van der Waals surface area (Å²) in [6, 6.07) is 0.682. The van der Waals surface area contributed by atoms with Gasteiger partial charge in [0, 0.05) is 25.8 Å². The molecule has 2 rings (SSSR count). The van der Waals surface area contributed by atoms with E-state index in [-0.39, 0.29) is 5.75 Å². The third-order valence-electron chi connectivity index (χ3n) is 4.33. The Labute approximate surface area is 116 Å². The molecule has 0 aliphatic carbocycles. The van der Waals surface area contributed by atoms with E-state index >= 15 is 0 Å². The third-order valence-corrected chi connectivity index (χ3v) is 5.69. The zero-order valence-electron chi connectivity index (χ0n) is 11.8. The molecule has 0 amide bonds. The number of nitrogens with one attached hydrogen (secondary N) is 1. The molecule has 0 aromatic rings. The molecular weight excluding hydrogens is 264 g/mol. The molecule has 2 heterocycles. The van der Waals surface area contributed by atoms with Gasteiger partial charge in [-0.2, -0.15) is 0 Å². The number of hydrogen-bond acceptors (Lipinski definition) is 4. The highest BCUT2D eigenvalue weighted by molar-refractivity contribution is 7.89. The minimum absolute atomic E-state index is 0.175. The maximum Gasteiger partial charge on any atom is 0.211 e. The van der Waals surface area contributed by atoms with Crippen LogP contribution in [0, 0.1) is 5.92 Å². The monoisotopic (exact) mass is 290 g/mol. The standard InChI is InChI=1S/C13H26N2O3S/c1-2-19(16,17)14-11-12-3-7-15(8-4-12)13-5-9-18-10-6-13/h12-14H,2-11H2,1H3. The summed E-state index contributed by atoms with van der Waals surface area (Å²) in [4.78, 5) is 2.56. The van der Waals surface area contributed by atoms with E-state index < -0.39 is 10.0 Å². The zero-order chi connectivity index (χ0) is 13.7. The first-order valence-electron chi connectivity index (χ1n) is 7.40. The highest BCUT2D eigenvalue weighted by Gasteiger charge is 2.26. The van der Waals surface area contributed by atoms with E-state index in [9.17, 15) is 8.42 Å². The van der Waals surface area contributed by atoms with Crippen LogP contribution >= 0.6 is 0 Å². The van der Waals surface area contributed by atoms with Crippen LogP contribution in [0.2, 0.25) is 0 Å². The lowest BCUT2D eigenvalue weighted by Gasteiger charge is -2.39. The quantitative estimate of drug-likeness (QED) is 0.814. The molecule has 0 saturated carbocycles. The number of likely N-dealkylation sites (tertiary alicyclic amines) is 1. The molecule has 0 aromatic carbocycles. The van der Waals surface area contributed by atoms with E-state index in [2.05, 4.69) is 9.62 Å². The van der Waals surface area contributed by atoms with E-state index in [1.165, 1.54) is 0 Å². The normalized spacial score (nSPS) is 24.7. The smallest absolute Gasteiger partial charge is 0.211 e. The van der Waals surface area contributed by atoms with E-state index in [1.807, 2.05) is 0 Å². The Hall–Kier alpha value is -0.170. The number of ether oxygens (including phenoxy) is 1. The SMILES string of the molecule is CCS(=O)(=O)NCC1CCN(C2CCOCC2)CC1. The van der Waals surface area contributed by atoms with Crippen molar-refractivity contribution in [3.8, 4) is 0 Å². The van der Waals surface area contributed by atoms with Gasteiger partial charge in [0.05, 0.1) is 5.75 Å². The maximum atomic E-state index is 11.4. The summed E-state index contributed by atoms with van der Waals surface area (Å²) in [7, 11) is -3.03. The molecule has 5 nitrogen and oxygen atoms in total. The molecule has 0 aromatic heterocycles. The zero-order valence-corrected chi connectivity index (χ0v) is 12.6. The van der Waals surface area contributed by atoms with Crippen molar-refractivity contribution < 1.29 is 13.2 Å². The molecule has 2 aliphatic rings. The summed E-state index contributed by atoms with van der Waals surface area (Å²) in [6.45, 7) is 6.27. The van der Waals surface area contributed by atoms with Gasteiger partial charge in [-0.15, -0.1) is 0 Å². The Morgan fingerprint density at radius 3 is 2.37 bits per heavy atom. The number of piperidine rings is 1. The molecule has 0 bridgehead atoms. The van der Waals surface area contributed by atoms with Crippen LogP contribution in [0.1, 0.15) is 32.6 Å². The van der Waals surface area contributed by atoms with Crippen LogP contribution in [0.25, 0.3) is 0 Å². The number of rotatable bonds is 5. The van der Waals surface area contributed by atoms with Gasteiger partial charge in [-0.3, -0.25) is 0 Å². The number of hydrogen-bond donors (Lipinski definition) is 1. The third kappa shape index (κ3) is 4.70. The van der Waals surface area contributed by atoms with Gasteiger partial charge in [0.15, 0.2) is 0 Å². The fourth-order valence-electron chi connectivity index (χ4n) is 2.92. The average molecular weight is 290 g/mol. The van der Waals surface area contributed by atoms with Crippen LogP contribution in [-0.4, -0.2) is 58.0 Å². The second-order valence-electron chi connectivity index (χ2n) is 5.57. The summed E-state index contributed by atoms with van der Waals surface area (Å²) in [5, 5.41) is 0. The molecule has 2 fully saturated rings. The molecule has 0 spiro atoms. The van der Waals surface area contributed by atoms with Crippen molar-refractivity contribution in [3.05, 3.63) is 0 Å². The van der Waals surface area contributed by atoms with Crippen LogP contribution in [0.4, 0.5) is 0 Å². The fraction of sp³-hybridized carbons (Fsp3) is 1.00. The fourth-order valence-corrected chi connectivity index (χ4v) is 3.61. The molecule has 2 saturated heterocycles. The Bertz CT molecular complexity index is 358. The molecule has 112 valence electrons. The Kier molecular flexibility index (Phi) is 5.62. The van der Waals surface area contributed by atoms with E-state index in [0.717, 1.165) is 52.0 Å². The highest BCUT2D eigenvalue weighted by atomic mass is 32.2. The van der Waals surface area contributed by atoms with Crippen molar-refractivity contribution in [3.63, 3.8) is 0 Å². The average Bonchev–Trinajstić information content (AvgIpc) is 2.47. The first-order valence-corrected chi connectivity index (χ1v) is 9.05. The summed E-state index contributed by atoms with van der Waals surface area (Å²) >= 11 is 0. The van der Waals surface area contributed by atoms with Gasteiger partial charge in [-0.1, -0.05) is 0 Å². The molecule has 0 atom stereocenters.